The first-order valence-corrected chi connectivity index (χ1v) is 7.09. The lowest BCUT2D eigenvalue weighted by atomic mass is 9.77. The first-order chi connectivity index (χ1) is 8.20. The van der Waals surface area contributed by atoms with Crippen molar-refractivity contribution < 1.29 is 21.8 Å². The van der Waals surface area contributed by atoms with E-state index in [1.165, 1.54) is 18.2 Å². The topological polar surface area (TPSA) is 54.4 Å². The first kappa shape index (κ1) is 13.4. The highest BCUT2D eigenvalue weighted by Gasteiger charge is 2.48. The SMILES string of the molecule is Cc1ccc(S(=O)(=O)O)c(CC2CCC2(F)F)c1. The second kappa shape index (κ2) is 4.28. The first-order valence-electron chi connectivity index (χ1n) is 5.65. The maximum Gasteiger partial charge on any atom is 0.294 e. The lowest BCUT2D eigenvalue weighted by molar-refractivity contribution is -0.131. The van der Waals surface area contributed by atoms with Gasteiger partial charge in [-0.05, 0) is 31.4 Å². The maximum atomic E-state index is 13.2. The molecule has 0 spiro atoms. The van der Waals surface area contributed by atoms with Crippen molar-refractivity contribution in [2.45, 2.75) is 37.0 Å². The van der Waals surface area contributed by atoms with E-state index in [9.17, 15) is 17.2 Å². The van der Waals surface area contributed by atoms with Gasteiger partial charge in [0.25, 0.3) is 16.0 Å². The van der Waals surface area contributed by atoms with Crippen molar-refractivity contribution in [1.29, 1.82) is 0 Å². The molecule has 0 heterocycles. The van der Waals surface area contributed by atoms with Crippen molar-refractivity contribution in [3.8, 4) is 0 Å². The normalized spacial score (nSPS) is 22.6. The van der Waals surface area contributed by atoms with Gasteiger partial charge in [0.15, 0.2) is 0 Å². The average molecular weight is 276 g/mol. The van der Waals surface area contributed by atoms with Crippen LogP contribution in [0.1, 0.15) is 24.0 Å². The molecule has 6 heteroatoms. The molecule has 0 radical (unpaired) electrons. The van der Waals surface area contributed by atoms with Crippen LogP contribution in [0.25, 0.3) is 0 Å². The fourth-order valence-corrected chi connectivity index (χ4v) is 2.92. The summed E-state index contributed by atoms with van der Waals surface area (Å²) in [7, 11) is -4.36. The third-order valence-corrected chi connectivity index (χ3v) is 4.34. The third kappa shape index (κ3) is 2.54. The van der Waals surface area contributed by atoms with E-state index in [2.05, 4.69) is 0 Å². The van der Waals surface area contributed by atoms with Crippen molar-refractivity contribution in [3.63, 3.8) is 0 Å². The van der Waals surface area contributed by atoms with Gasteiger partial charge in [0.05, 0.1) is 4.90 Å². The van der Waals surface area contributed by atoms with E-state index in [0.717, 1.165) is 5.56 Å². The molecule has 1 aromatic carbocycles. The molecule has 1 aromatic rings. The quantitative estimate of drug-likeness (QED) is 0.864. The fraction of sp³-hybridized carbons (Fsp3) is 0.500. The lowest BCUT2D eigenvalue weighted by Gasteiger charge is -2.36. The van der Waals surface area contributed by atoms with E-state index in [0.29, 0.717) is 6.42 Å². The molecule has 2 rings (SSSR count). The molecule has 0 saturated heterocycles. The van der Waals surface area contributed by atoms with Gasteiger partial charge in [-0.1, -0.05) is 17.7 Å². The van der Waals surface area contributed by atoms with Crippen molar-refractivity contribution in [3.05, 3.63) is 29.3 Å². The molecular formula is C12H14F2O3S. The molecule has 1 saturated carbocycles. The summed E-state index contributed by atoms with van der Waals surface area (Å²) in [5.41, 5.74) is 1.04. The van der Waals surface area contributed by atoms with E-state index in [1.807, 2.05) is 0 Å². The zero-order valence-electron chi connectivity index (χ0n) is 9.86. The van der Waals surface area contributed by atoms with Gasteiger partial charge < -0.3 is 0 Å². The molecule has 1 aliphatic carbocycles. The van der Waals surface area contributed by atoms with Crippen LogP contribution < -0.4 is 0 Å². The predicted molar refractivity (Wildman–Crippen MR) is 62.4 cm³/mol. The van der Waals surface area contributed by atoms with Crippen LogP contribution in [0.15, 0.2) is 23.1 Å². The van der Waals surface area contributed by atoms with E-state index in [4.69, 9.17) is 4.55 Å². The van der Waals surface area contributed by atoms with Gasteiger partial charge in [0.2, 0.25) is 0 Å². The number of alkyl halides is 2. The van der Waals surface area contributed by atoms with Crippen LogP contribution in [0.5, 0.6) is 0 Å². The molecule has 100 valence electrons. The van der Waals surface area contributed by atoms with Gasteiger partial charge in [-0.2, -0.15) is 8.42 Å². The van der Waals surface area contributed by atoms with Crippen LogP contribution in [0.3, 0.4) is 0 Å². The number of halogens is 2. The summed E-state index contributed by atoms with van der Waals surface area (Å²) in [6.45, 7) is 1.75. The molecule has 1 unspecified atom stereocenters. The molecule has 1 N–H and O–H groups in total. The minimum atomic E-state index is -4.36. The monoisotopic (exact) mass is 276 g/mol. The second-order valence-electron chi connectivity index (χ2n) is 4.79. The van der Waals surface area contributed by atoms with Gasteiger partial charge in [0.1, 0.15) is 0 Å². The van der Waals surface area contributed by atoms with E-state index in [1.54, 1.807) is 6.92 Å². The summed E-state index contributed by atoms with van der Waals surface area (Å²) in [5, 5.41) is 0. The Labute approximate surface area is 105 Å². The minimum absolute atomic E-state index is 0.0240. The molecule has 18 heavy (non-hydrogen) atoms. The highest BCUT2D eigenvalue weighted by Crippen LogP contribution is 2.45. The predicted octanol–water partition coefficient (Wildman–Crippen LogP) is 2.83. The molecule has 1 atom stereocenters. The number of benzene rings is 1. The minimum Gasteiger partial charge on any atom is -0.282 e. The van der Waals surface area contributed by atoms with Gasteiger partial charge >= 0.3 is 0 Å². The molecule has 0 aromatic heterocycles. The van der Waals surface area contributed by atoms with Crippen LogP contribution >= 0.6 is 0 Å². The Morgan fingerprint density at radius 3 is 2.56 bits per heavy atom. The second-order valence-corrected chi connectivity index (χ2v) is 6.18. The largest absolute Gasteiger partial charge is 0.294 e. The highest BCUT2D eigenvalue weighted by molar-refractivity contribution is 7.85. The van der Waals surface area contributed by atoms with Crippen molar-refractivity contribution in [2.24, 2.45) is 5.92 Å². The fourth-order valence-electron chi connectivity index (χ4n) is 2.20. The van der Waals surface area contributed by atoms with Crippen molar-refractivity contribution in [2.75, 3.05) is 0 Å². The Hall–Kier alpha value is -1.01. The zero-order chi connectivity index (χ0) is 13.6. The molecule has 3 nitrogen and oxygen atoms in total. The summed E-state index contributed by atoms with van der Waals surface area (Å²) >= 11 is 0. The molecular weight excluding hydrogens is 262 g/mol. The highest BCUT2D eigenvalue weighted by atomic mass is 32.2. The Balaban J connectivity index is 2.35. The number of aryl methyl sites for hydroxylation is 1. The van der Waals surface area contributed by atoms with Crippen LogP contribution in [0, 0.1) is 12.8 Å². The summed E-state index contributed by atoms with van der Waals surface area (Å²) in [6, 6.07) is 4.33. The van der Waals surface area contributed by atoms with Crippen LogP contribution in [0.4, 0.5) is 8.78 Å². The van der Waals surface area contributed by atoms with Gasteiger partial charge in [-0.15, -0.1) is 0 Å². The smallest absolute Gasteiger partial charge is 0.282 e. The Kier molecular flexibility index (Phi) is 3.19. The van der Waals surface area contributed by atoms with Crippen LogP contribution in [-0.4, -0.2) is 18.9 Å². The summed E-state index contributed by atoms with van der Waals surface area (Å²) < 4.78 is 57.9. The number of hydrogen-bond acceptors (Lipinski definition) is 2. The number of rotatable bonds is 3. The van der Waals surface area contributed by atoms with Crippen molar-refractivity contribution >= 4 is 10.1 Å². The van der Waals surface area contributed by atoms with E-state index < -0.39 is 22.0 Å². The van der Waals surface area contributed by atoms with E-state index >= 15 is 0 Å². The number of hydrogen-bond donors (Lipinski definition) is 1. The maximum absolute atomic E-state index is 13.2. The van der Waals surface area contributed by atoms with Crippen LogP contribution in [-0.2, 0) is 16.5 Å². The van der Waals surface area contributed by atoms with E-state index in [-0.39, 0.29) is 23.3 Å². The molecule has 0 amide bonds. The van der Waals surface area contributed by atoms with Gasteiger partial charge in [0, 0.05) is 12.3 Å². The standard InChI is InChI=1S/C12H14F2O3S/c1-8-2-3-11(18(15,16)17)9(6-8)7-10-4-5-12(10,13)14/h2-3,6,10H,4-5,7H2,1H3,(H,15,16,17). The average Bonchev–Trinajstić information content (AvgIpc) is 2.23. The van der Waals surface area contributed by atoms with Crippen LogP contribution in [0.2, 0.25) is 0 Å². The Morgan fingerprint density at radius 1 is 1.44 bits per heavy atom. The summed E-state index contributed by atoms with van der Waals surface area (Å²) in [6.07, 6.45) is 0.209. The van der Waals surface area contributed by atoms with Gasteiger partial charge in [-0.25, -0.2) is 8.78 Å². The van der Waals surface area contributed by atoms with Crippen molar-refractivity contribution in [1.82, 2.24) is 0 Å². The Bertz CT molecular complexity index is 567. The molecule has 0 aliphatic heterocycles. The summed E-state index contributed by atoms with van der Waals surface area (Å²) in [5.74, 6) is -3.56. The Morgan fingerprint density at radius 2 is 2.11 bits per heavy atom. The lowest BCUT2D eigenvalue weighted by Crippen LogP contribution is -2.40. The molecule has 1 fully saturated rings. The molecule has 0 bridgehead atoms. The van der Waals surface area contributed by atoms with Gasteiger partial charge in [-0.3, -0.25) is 4.55 Å². The third-order valence-electron chi connectivity index (χ3n) is 3.38. The molecule has 1 aliphatic rings. The zero-order valence-corrected chi connectivity index (χ0v) is 10.7. The summed E-state index contributed by atoms with van der Waals surface area (Å²) in [4.78, 5) is -0.268.